The van der Waals surface area contributed by atoms with E-state index in [1.165, 1.54) is 11.3 Å². The third-order valence-electron chi connectivity index (χ3n) is 4.25. The summed E-state index contributed by atoms with van der Waals surface area (Å²) in [6, 6.07) is 0. The topological polar surface area (TPSA) is 45.5 Å². The largest absolute Gasteiger partial charge is 0.356 e. The first kappa shape index (κ1) is 20.6. The molecule has 0 radical (unpaired) electrons. The van der Waals surface area contributed by atoms with Gasteiger partial charge in [-0.2, -0.15) is 16.9 Å². The Morgan fingerprint density at radius 3 is 2.61 bits per heavy atom. The zero-order valence-corrected chi connectivity index (χ0v) is 18.3. The van der Waals surface area contributed by atoms with E-state index in [0.717, 1.165) is 43.5 Å². The summed E-state index contributed by atoms with van der Waals surface area (Å²) >= 11 is 2.04. The molecular formula is C16H30IN5S. The van der Waals surface area contributed by atoms with Crippen molar-refractivity contribution >= 4 is 41.7 Å². The monoisotopic (exact) mass is 451 g/mol. The van der Waals surface area contributed by atoms with Crippen molar-refractivity contribution in [1.29, 1.82) is 0 Å². The van der Waals surface area contributed by atoms with Gasteiger partial charge in [-0.1, -0.05) is 0 Å². The van der Waals surface area contributed by atoms with E-state index in [1.807, 2.05) is 30.5 Å². The molecule has 1 aromatic rings. The average Bonchev–Trinajstić information content (AvgIpc) is 2.68. The summed E-state index contributed by atoms with van der Waals surface area (Å²) in [5, 5.41) is 8.00. The number of hydrogen-bond donors (Lipinski definition) is 1. The van der Waals surface area contributed by atoms with Crippen LogP contribution in [0.25, 0.3) is 0 Å². The van der Waals surface area contributed by atoms with Gasteiger partial charge in [0.2, 0.25) is 0 Å². The molecule has 7 heteroatoms. The van der Waals surface area contributed by atoms with Crippen molar-refractivity contribution < 1.29 is 0 Å². The first-order valence-corrected chi connectivity index (χ1v) is 8.91. The van der Waals surface area contributed by atoms with Gasteiger partial charge in [-0.05, 0) is 39.7 Å². The molecule has 0 aliphatic carbocycles. The van der Waals surface area contributed by atoms with E-state index >= 15 is 0 Å². The molecule has 132 valence electrons. The lowest BCUT2D eigenvalue weighted by Crippen LogP contribution is -2.51. The molecule has 0 bridgehead atoms. The maximum absolute atomic E-state index is 4.48. The Morgan fingerprint density at radius 2 is 2.09 bits per heavy atom. The molecule has 5 nitrogen and oxygen atoms in total. The fourth-order valence-electron chi connectivity index (χ4n) is 3.01. The first-order valence-electron chi connectivity index (χ1n) is 7.92. The lowest BCUT2D eigenvalue weighted by atomic mass is 10.1. The Morgan fingerprint density at radius 1 is 1.39 bits per heavy atom. The number of aryl methyl sites for hydroxylation is 2. The van der Waals surface area contributed by atoms with E-state index in [-0.39, 0.29) is 24.0 Å². The Balaban J connectivity index is 0.00000264. The highest BCUT2D eigenvalue weighted by Crippen LogP contribution is 2.29. The van der Waals surface area contributed by atoms with E-state index in [9.17, 15) is 0 Å². The fraction of sp³-hybridized carbons (Fsp3) is 0.750. The number of halogens is 1. The summed E-state index contributed by atoms with van der Waals surface area (Å²) in [5.74, 6) is 2.18. The lowest BCUT2D eigenvalue weighted by Gasteiger charge is -2.39. The van der Waals surface area contributed by atoms with Crippen molar-refractivity contribution in [2.24, 2.45) is 12.0 Å². The highest BCUT2D eigenvalue weighted by atomic mass is 127. The Bertz CT molecular complexity index is 553. The molecule has 1 aliphatic rings. The fourth-order valence-corrected chi connectivity index (χ4v) is 4.12. The Kier molecular flexibility index (Phi) is 7.70. The summed E-state index contributed by atoms with van der Waals surface area (Å²) in [6.07, 6.45) is 0.983. The molecule has 0 aromatic carbocycles. The van der Waals surface area contributed by atoms with E-state index in [1.54, 1.807) is 0 Å². The standard InChI is InChI=1S/C16H29N5S.HI/c1-12-14(13(2)20(6)19-12)7-8-18-15(17-5)21-9-10-22-16(3,4)11-21;/h7-11H2,1-6H3,(H,17,18);1H. The van der Waals surface area contributed by atoms with Crippen LogP contribution < -0.4 is 5.32 Å². The van der Waals surface area contributed by atoms with Gasteiger partial charge in [-0.3, -0.25) is 9.67 Å². The number of rotatable bonds is 3. The van der Waals surface area contributed by atoms with E-state index in [4.69, 9.17) is 0 Å². The second-order valence-electron chi connectivity index (χ2n) is 6.53. The molecule has 1 saturated heterocycles. The summed E-state index contributed by atoms with van der Waals surface area (Å²) in [7, 11) is 3.88. The Labute approximate surface area is 161 Å². The second kappa shape index (κ2) is 8.60. The van der Waals surface area contributed by atoms with E-state index < -0.39 is 0 Å². The van der Waals surface area contributed by atoms with E-state index in [0.29, 0.717) is 4.75 Å². The summed E-state index contributed by atoms with van der Waals surface area (Å²) < 4.78 is 2.26. The summed E-state index contributed by atoms with van der Waals surface area (Å²) in [4.78, 5) is 6.83. The minimum atomic E-state index is 0. The van der Waals surface area contributed by atoms with Gasteiger partial charge >= 0.3 is 0 Å². The SMILES string of the molecule is CN=C(NCCc1c(C)nn(C)c1C)N1CCSC(C)(C)C1.I. The molecule has 0 atom stereocenters. The molecular weight excluding hydrogens is 421 g/mol. The molecule has 2 heterocycles. The van der Waals surface area contributed by atoms with E-state index in [2.05, 4.69) is 48.0 Å². The molecule has 0 amide bonds. The zero-order chi connectivity index (χ0) is 16.3. The predicted molar refractivity (Wildman–Crippen MR) is 111 cm³/mol. The Hall–Kier alpha value is -0.440. The van der Waals surface area contributed by atoms with Crippen molar-refractivity contribution in [1.82, 2.24) is 20.0 Å². The molecule has 1 fully saturated rings. The smallest absolute Gasteiger partial charge is 0.193 e. The van der Waals surface area contributed by atoms with Crippen LogP contribution in [0, 0.1) is 13.8 Å². The third kappa shape index (κ3) is 5.27. The molecule has 0 unspecified atom stereocenters. The van der Waals surface area contributed by atoms with Crippen LogP contribution in [0.5, 0.6) is 0 Å². The van der Waals surface area contributed by atoms with Crippen LogP contribution in [0.4, 0.5) is 0 Å². The van der Waals surface area contributed by atoms with Gasteiger partial charge < -0.3 is 10.2 Å². The average molecular weight is 451 g/mol. The van der Waals surface area contributed by atoms with Crippen LogP contribution in [-0.2, 0) is 13.5 Å². The van der Waals surface area contributed by atoms with Crippen LogP contribution in [0.2, 0.25) is 0 Å². The van der Waals surface area contributed by atoms with Gasteiger partial charge in [0.1, 0.15) is 0 Å². The number of guanidine groups is 1. The summed E-state index contributed by atoms with van der Waals surface area (Å²) in [5.41, 5.74) is 3.73. The quantitative estimate of drug-likeness (QED) is 0.436. The van der Waals surface area contributed by atoms with Gasteiger partial charge in [-0.25, -0.2) is 0 Å². The van der Waals surface area contributed by atoms with Gasteiger partial charge in [0.15, 0.2) is 5.96 Å². The predicted octanol–water partition coefficient (Wildman–Crippen LogP) is 2.60. The summed E-state index contributed by atoms with van der Waals surface area (Å²) in [6.45, 7) is 11.8. The first-order chi connectivity index (χ1) is 10.3. The van der Waals surface area contributed by atoms with Crippen LogP contribution in [0.3, 0.4) is 0 Å². The lowest BCUT2D eigenvalue weighted by molar-refractivity contribution is 0.376. The molecule has 1 N–H and O–H groups in total. The molecule has 2 rings (SSSR count). The maximum Gasteiger partial charge on any atom is 0.193 e. The van der Waals surface area contributed by atoms with Crippen molar-refractivity contribution in [3.8, 4) is 0 Å². The molecule has 1 aromatic heterocycles. The molecule has 0 spiro atoms. The number of aromatic nitrogens is 2. The number of nitrogens with one attached hydrogen (secondary N) is 1. The highest BCUT2D eigenvalue weighted by molar-refractivity contribution is 14.0. The zero-order valence-electron chi connectivity index (χ0n) is 15.1. The molecule has 23 heavy (non-hydrogen) atoms. The molecule has 0 saturated carbocycles. The van der Waals surface area contributed by atoms with Crippen molar-refractivity contribution in [2.75, 3.05) is 32.4 Å². The second-order valence-corrected chi connectivity index (χ2v) is 8.33. The van der Waals surface area contributed by atoms with Gasteiger partial charge in [0, 0.05) is 49.9 Å². The number of thioether (sulfide) groups is 1. The van der Waals surface area contributed by atoms with Crippen molar-refractivity contribution in [2.45, 2.75) is 38.9 Å². The van der Waals surface area contributed by atoms with Crippen molar-refractivity contribution in [3.05, 3.63) is 17.0 Å². The highest BCUT2D eigenvalue weighted by Gasteiger charge is 2.28. The molecule has 1 aliphatic heterocycles. The van der Waals surface area contributed by atoms with Crippen LogP contribution in [0.1, 0.15) is 30.8 Å². The van der Waals surface area contributed by atoms with Crippen LogP contribution in [0.15, 0.2) is 4.99 Å². The van der Waals surface area contributed by atoms with Crippen LogP contribution in [-0.4, -0.2) is 57.8 Å². The normalized spacial score (nSPS) is 17.8. The van der Waals surface area contributed by atoms with Crippen LogP contribution >= 0.6 is 35.7 Å². The minimum absolute atomic E-state index is 0. The number of aliphatic imine (C=N–C) groups is 1. The van der Waals surface area contributed by atoms with Crippen molar-refractivity contribution in [3.63, 3.8) is 0 Å². The van der Waals surface area contributed by atoms with Gasteiger partial charge in [0.25, 0.3) is 0 Å². The van der Waals surface area contributed by atoms with Gasteiger partial charge in [0.05, 0.1) is 5.69 Å². The number of nitrogens with zero attached hydrogens (tertiary/aromatic N) is 4. The minimum Gasteiger partial charge on any atom is -0.356 e. The maximum atomic E-state index is 4.48. The number of hydrogen-bond acceptors (Lipinski definition) is 3. The van der Waals surface area contributed by atoms with Gasteiger partial charge in [-0.15, -0.1) is 24.0 Å². The third-order valence-corrected chi connectivity index (χ3v) is 5.55.